The van der Waals surface area contributed by atoms with Crippen LogP contribution in [0.15, 0.2) is 66.9 Å². The lowest BCUT2D eigenvalue weighted by Crippen LogP contribution is -2.27. The van der Waals surface area contributed by atoms with E-state index in [1.165, 1.54) is 5.69 Å². The van der Waals surface area contributed by atoms with Gasteiger partial charge >= 0.3 is 0 Å². The van der Waals surface area contributed by atoms with Crippen molar-refractivity contribution in [3.63, 3.8) is 0 Å². The first-order chi connectivity index (χ1) is 14.0. The molecule has 0 aliphatic rings. The first-order valence-electron chi connectivity index (χ1n) is 9.95. The van der Waals surface area contributed by atoms with E-state index < -0.39 is 0 Å². The summed E-state index contributed by atoms with van der Waals surface area (Å²) in [6.45, 7) is 8.37. The van der Waals surface area contributed by atoms with Crippen LogP contribution in [-0.2, 0) is 0 Å². The molecule has 0 spiro atoms. The van der Waals surface area contributed by atoms with Crippen molar-refractivity contribution >= 4 is 28.7 Å². The number of aryl methyl sites for hydroxylation is 1. The summed E-state index contributed by atoms with van der Waals surface area (Å²) in [5.74, 6) is -0.145. The second kappa shape index (κ2) is 9.24. The number of hydrogen-bond acceptors (Lipinski definition) is 4. The molecule has 1 N–H and O–H groups in total. The van der Waals surface area contributed by atoms with Crippen molar-refractivity contribution in [3.05, 3.63) is 78.1 Å². The number of carbonyl (C=O) groups excluding carboxylic acids is 1. The Morgan fingerprint density at radius 2 is 1.69 bits per heavy atom. The van der Waals surface area contributed by atoms with Gasteiger partial charge in [-0.15, -0.1) is 0 Å². The third-order valence-electron chi connectivity index (χ3n) is 5.04. The molecule has 1 amide bonds. The fourth-order valence-electron chi connectivity index (χ4n) is 3.29. The zero-order valence-corrected chi connectivity index (χ0v) is 17.5. The Hall–Kier alpha value is -3.34. The van der Waals surface area contributed by atoms with Crippen LogP contribution in [0, 0.1) is 6.92 Å². The van der Waals surface area contributed by atoms with E-state index in [1.807, 2.05) is 36.4 Å². The van der Waals surface area contributed by atoms with Crippen molar-refractivity contribution in [3.8, 4) is 0 Å². The second-order valence-electron chi connectivity index (χ2n) is 6.93. The van der Waals surface area contributed by atoms with E-state index in [4.69, 9.17) is 0 Å². The molecule has 2 aromatic carbocycles. The number of pyridine rings is 1. The number of para-hydroxylation sites is 1. The topological polar surface area (TPSA) is 48.5 Å². The molecule has 0 radical (unpaired) electrons. The monoisotopic (exact) mass is 388 g/mol. The highest BCUT2D eigenvalue weighted by atomic mass is 16.2. The van der Waals surface area contributed by atoms with Crippen molar-refractivity contribution in [1.82, 2.24) is 4.98 Å². The van der Waals surface area contributed by atoms with Gasteiger partial charge in [-0.25, -0.2) is 0 Å². The Kier molecular flexibility index (Phi) is 6.50. The Balaban J connectivity index is 1.79. The van der Waals surface area contributed by atoms with Crippen LogP contribution in [0.1, 0.15) is 29.9 Å². The largest absolute Gasteiger partial charge is 0.372 e. The zero-order chi connectivity index (χ0) is 20.8. The fourth-order valence-corrected chi connectivity index (χ4v) is 3.29. The molecule has 0 aliphatic heterocycles. The van der Waals surface area contributed by atoms with Crippen molar-refractivity contribution in [2.75, 3.05) is 35.3 Å². The summed E-state index contributed by atoms with van der Waals surface area (Å²) in [6, 6.07) is 19.6. The van der Waals surface area contributed by atoms with E-state index in [9.17, 15) is 4.79 Å². The number of hydrogen-bond donors (Lipinski definition) is 1. The van der Waals surface area contributed by atoms with Gasteiger partial charge in [0, 0.05) is 49.1 Å². The molecule has 0 atom stereocenters. The molecule has 0 bridgehead atoms. The number of carbonyl (C=O) groups is 1. The van der Waals surface area contributed by atoms with Crippen molar-refractivity contribution in [2.45, 2.75) is 20.8 Å². The summed E-state index contributed by atoms with van der Waals surface area (Å²) in [5.41, 5.74) is 5.46. The molecule has 5 nitrogen and oxygen atoms in total. The average molecular weight is 389 g/mol. The van der Waals surface area contributed by atoms with Crippen LogP contribution in [0.25, 0.3) is 0 Å². The van der Waals surface area contributed by atoms with Gasteiger partial charge < -0.3 is 15.1 Å². The predicted molar refractivity (Wildman–Crippen MR) is 121 cm³/mol. The van der Waals surface area contributed by atoms with Crippen molar-refractivity contribution in [2.24, 2.45) is 0 Å². The number of rotatable bonds is 7. The van der Waals surface area contributed by atoms with Crippen molar-refractivity contribution < 1.29 is 4.79 Å². The molecule has 1 aromatic heterocycles. The van der Waals surface area contributed by atoms with Gasteiger partial charge in [0.2, 0.25) is 0 Å². The molecule has 0 saturated carbocycles. The highest BCUT2D eigenvalue weighted by molar-refractivity contribution is 6.04. The van der Waals surface area contributed by atoms with Gasteiger partial charge in [0.05, 0.1) is 0 Å². The average Bonchev–Trinajstić information content (AvgIpc) is 2.76. The summed E-state index contributed by atoms with van der Waals surface area (Å²) < 4.78 is 0. The molecule has 3 aromatic rings. The summed E-state index contributed by atoms with van der Waals surface area (Å²) in [4.78, 5) is 21.0. The minimum absolute atomic E-state index is 0.145. The Morgan fingerprint density at radius 1 is 0.966 bits per heavy atom. The lowest BCUT2D eigenvalue weighted by molar-refractivity contribution is 0.0988. The molecule has 5 heteroatoms. The smallest absolute Gasteiger partial charge is 0.276 e. The summed E-state index contributed by atoms with van der Waals surface area (Å²) in [7, 11) is 1.76. The number of anilines is 4. The summed E-state index contributed by atoms with van der Waals surface area (Å²) in [5, 5.41) is 3.42. The van der Waals surface area contributed by atoms with Crippen molar-refractivity contribution in [1.29, 1.82) is 0 Å². The maximum atomic E-state index is 12.8. The van der Waals surface area contributed by atoms with E-state index in [0.29, 0.717) is 5.69 Å². The lowest BCUT2D eigenvalue weighted by Gasteiger charge is -2.22. The molecular weight excluding hydrogens is 360 g/mol. The molecule has 0 aliphatic carbocycles. The number of benzene rings is 2. The molecule has 0 unspecified atom stereocenters. The first kappa shape index (κ1) is 20.4. The number of aromatic nitrogens is 1. The van der Waals surface area contributed by atoms with Crippen LogP contribution in [0.5, 0.6) is 0 Å². The van der Waals surface area contributed by atoms with Gasteiger partial charge in [0.1, 0.15) is 5.69 Å². The highest BCUT2D eigenvalue weighted by Gasteiger charge is 2.15. The van der Waals surface area contributed by atoms with E-state index in [0.717, 1.165) is 35.7 Å². The van der Waals surface area contributed by atoms with Gasteiger partial charge in [-0.05, 0) is 68.8 Å². The Labute approximate surface area is 173 Å². The third-order valence-corrected chi connectivity index (χ3v) is 5.04. The van der Waals surface area contributed by atoms with Crippen LogP contribution < -0.4 is 15.1 Å². The number of nitrogens with one attached hydrogen (secondary N) is 1. The van der Waals surface area contributed by atoms with Gasteiger partial charge in [0.15, 0.2) is 0 Å². The quantitative estimate of drug-likeness (QED) is 0.600. The molecule has 150 valence electrons. The maximum Gasteiger partial charge on any atom is 0.276 e. The van der Waals surface area contributed by atoms with Crippen LogP contribution in [0.3, 0.4) is 0 Å². The number of nitrogens with zero attached hydrogens (tertiary/aromatic N) is 3. The second-order valence-corrected chi connectivity index (χ2v) is 6.93. The lowest BCUT2D eigenvalue weighted by atomic mass is 10.1. The molecule has 0 saturated heterocycles. The molecule has 1 heterocycles. The van der Waals surface area contributed by atoms with E-state index in [1.54, 1.807) is 24.2 Å². The van der Waals surface area contributed by atoms with Crippen LogP contribution in [0.4, 0.5) is 22.7 Å². The van der Waals surface area contributed by atoms with Crippen LogP contribution in [0.2, 0.25) is 0 Å². The van der Waals surface area contributed by atoms with Gasteiger partial charge in [-0.1, -0.05) is 18.2 Å². The zero-order valence-electron chi connectivity index (χ0n) is 17.5. The van der Waals surface area contributed by atoms with Crippen LogP contribution in [-0.4, -0.2) is 31.0 Å². The van der Waals surface area contributed by atoms with E-state index in [2.05, 4.69) is 54.2 Å². The minimum Gasteiger partial charge on any atom is -0.372 e. The standard InChI is InChI=1S/C24H28N4O/c1-5-28(6-2)21-12-13-22(18(3)16-21)26-19-14-15-25-23(17-19)24(29)27(4)20-10-8-7-9-11-20/h7-17H,5-6H2,1-4H3,(H,25,26). The molecule has 0 fully saturated rings. The highest BCUT2D eigenvalue weighted by Crippen LogP contribution is 2.26. The molecular formula is C24H28N4O. The van der Waals surface area contributed by atoms with Crippen LogP contribution >= 0.6 is 0 Å². The predicted octanol–water partition coefficient (Wildman–Crippen LogP) is 5.26. The van der Waals surface area contributed by atoms with Gasteiger partial charge in [-0.2, -0.15) is 0 Å². The molecule has 3 rings (SSSR count). The maximum absolute atomic E-state index is 12.8. The normalized spacial score (nSPS) is 10.5. The SMILES string of the molecule is CCN(CC)c1ccc(Nc2ccnc(C(=O)N(C)c3ccccc3)c2)c(C)c1. The first-order valence-corrected chi connectivity index (χ1v) is 9.95. The summed E-state index contributed by atoms with van der Waals surface area (Å²) in [6.07, 6.45) is 1.66. The minimum atomic E-state index is -0.145. The van der Waals surface area contributed by atoms with Gasteiger partial charge in [0.25, 0.3) is 5.91 Å². The summed E-state index contributed by atoms with van der Waals surface area (Å²) >= 11 is 0. The van der Waals surface area contributed by atoms with E-state index in [-0.39, 0.29) is 5.91 Å². The Morgan fingerprint density at radius 3 is 2.34 bits per heavy atom. The van der Waals surface area contributed by atoms with Gasteiger partial charge in [-0.3, -0.25) is 9.78 Å². The van der Waals surface area contributed by atoms with E-state index >= 15 is 0 Å². The Bertz CT molecular complexity index is 968. The fraction of sp³-hybridized carbons (Fsp3) is 0.250. The number of amides is 1. The molecule has 29 heavy (non-hydrogen) atoms. The third kappa shape index (κ3) is 4.74.